The lowest BCUT2D eigenvalue weighted by Crippen LogP contribution is -2.46. The van der Waals surface area contributed by atoms with Gasteiger partial charge < -0.3 is 15.1 Å². The van der Waals surface area contributed by atoms with Crippen LogP contribution in [0.15, 0.2) is 12.2 Å². The topological polar surface area (TPSA) is 52.7 Å². The van der Waals surface area contributed by atoms with Crippen LogP contribution in [0.25, 0.3) is 0 Å². The zero-order chi connectivity index (χ0) is 13.7. The Morgan fingerprint density at radius 1 is 1.33 bits per heavy atom. The zero-order valence-corrected chi connectivity index (χ0v) is 11.5. The Balaban J connectivity index is 2.37. The van der Waals surface area contributed by atoms with Crippen molar-refractivity contribution in [3.63, 3.8) is 0 Å². The average molecular weight is 253 g/mol. The van der Waals surface area contributed by atoms with Crippen LogP contribution in [-0.4, -0.2) is 55.5 Å². The molecule has 0 radical (unpaired) electrons. The van der Waals surface area contributed by atoms with Crippen molar-refractivity contribution < 1.29 is 9.59 Å². The second-order valence-electron chi connectivity index (χ2n) is 5.11. The first-order valence-electron chi connectivity index (χ1n) is 6.30. The van der Waals surface area contributed by atoms with E-state index in [0.717, 1.165) is 18.4 Å². The normalized spacial score (nSPS) is 16.3. The molecular weight excluding hydrogens is 230 g/mol. The van der Waals surface area contributed by atoms with Gasteiger partial charge in [0.05, 0.1) is 0 Å². The van der Waals surface area contributed by atoms with Gasteiger partial charge >= 0.3 is 6.03 Å². The maximum Gasteiger partial charge on any atom is 0.319 e. The minimum absolute atomic E-state index is 0.0237. The Morgan fingerprint density at radius 3 is 2.33 bits per heavy atom. The molecule has 5 heteroatoms. The van der Waals surface area contributed by atoms with Crippen LogP contribution >= 0.6 is 0 Å². The second kappa shape index (κ2) is 6.42. The molecule has 1 heterocycles. The van der Waals surface area contributed by atoms with E-state index in [1.807, 2.05) is 6.92 Å². The number of rotatable bonds is 3. The van der Waals surface area contributed by atoms with E-state index in [1.165, 1.54) is 0 Å². The lowest BCUT2D eigenvalue weighted by Gasteiger charge is -2.33. The molecular formula is C13H23N3O2. The molecule has 18 heavy (non-hydrogen) atoms. The minimum Gasteiger partial charge on any atom is -0.352 e. The van der Waals surface area contributed by atoms with E-state index >= 15 is 0 Å². The Labute approximate surface area is 109 Å². The first-order valence-corrected chi connectivity index (χ1v) is 6.30. The number of nitrogens with one attached hydrogen (secondary N) is 1. The molecule has 0 unspecified atom stereocenters. The van der Waals surface area contributed by atoms with Gasteiger partial charge in [0.15, 0.2) is 0 Å². The van der Waals surface area contributed by atoms with Gasteiger partial charge in [0.2, 0.25) is 5.91 Å². The van der Waals surface area contributed by atoms with Gasteiger partial charge in [0.25, 0.3) is 0 Å². The molecule has 1 aliphatic heterocycles. The molecule has 1 aliphatic rings. The molecule has 5 nitrogen and oxygen atoms in total. The maximum absolute atomic E-state index is 11.8. The average Bonchev–Trinajstić information content (AvgIpc) is 2.35. The lowest BCUT2D eigenvalue weighted by molar-refractivity contribution is -0.126. The second-order valence-corrected chi connectivity index (χ2v) is 5.11. The third-order valence-corrected chi connectivity index (χ3v) is 3.08. The maximum atomic E-state index is 11.8. The van der Waals surface area contributed by atoms with E-state index in [0.29, 0.717) is 19.6 Å². The van der Waals surface area contributed by atoms with Gasteiger partial charge in [-0.2, -0.15) is 0 Å². The fourth-order valence-corrected chi connectivity index (χ4v) is 2.00. The van der Waals surface area contributed by atoms with Crippen molar-refractivity contribution in [2.45, 2.75) is 19.8 Å². The smallest absolute Gasteiger partial charge is 0.319 e. The standard InChI is InChI=1S/C13H23N3O2/c1-10(2)9-14-12(17)11-5-7-16(8-6-11)13(18)15(3)4/h11H,1,5-9H2,2-4H3,(H,14,17). The number of likely N-dealkylation sites (tertiary alicyclic amines) is 1. The monoisotopic (exact) mass is 253 g/mol. The lowest BCUT2D eigenvalue weighted by atomic mass is 9.96. The molecule has 0 aromatic carbocycles. The Hall–Kier alpha value is -1.52. The van der Waals surface area contributed by atoms with Crippen molar-refractivity contribution in [3.05, 3.63) is 12.2 Å². The summed E-state index contributed by atoms with van der Waals surface area (Å²) in [5.41, 5.74) is 0.948. The first kappa shape index (κ1) is 14.5. The van der Waals surface area contributed by atoms with Gasteiger partial charge in [-0.25, -0.2) is 4.79 Å². The largest absolute Gasteiger partial charge is 0.352 e. The summed E-state index contributed by atoms with van der Waals surface area (Å²) in [4.78, 5) is 26.9. The van der Waals surface area contributed by atoms with E-state index in [-0.39, 0.29) is 17.9 Å². The third-order valence-electron chi connectivity index (χ3n) is 3.08. The molecule has 1 rings (SSSR count). The quantitative estimate of drug-likeness (QED) is 0.765. The highest BCUT2D eigenvalue weighted by Gasteiger charge is 2.27. The summed E-state index contributed by atoms with van der Waals surface area (Å²) >= 11 is 0. The van der Waals surface area contributed by atoms with Crippen molar-refractivity contribution in [1.82, 2.24) is 15.1 Å². The summed E-state index contributed by atoms with van der Waals surface area (Å²) in [6.07, 6.45) is 1.48. The number of hydrogen-bond donors (Lipinski definition) is 1. The zero-order valence-electron chi connectivity index (χ0n) is 11.5. The number of carbonyl (C=O) groups excluding carboxylic acids is 2. The molecule has 0 aliphatic carbocycles. The van der Waals surface area contributed by atoms with Gasteiger partial charge in [-0.05, 0) is 19.8 Å². The van der Waals surface area contributed by atoms with Crippen molar-refractivity contribution in [2.75, 3.05) is 33.7 Å². The molecule has 0 aromatic rings. The number of piperidine rings is 1. The Bertz CT molecular complexity index is 331. The van der Waals surface area contributed by atoms with Gasteiger partial charge in [-0.15, -0.1) is 0 Å². The highest BCUT2D eigenvalue weighted by Crippen LogP contribution is 2.18. The van der Waals surface area contributed by atoms with Crippen LogP contribution in [0.4, 0.5) is 4.79 Å². The van der Waals surface area contributed by atoms with Gasteiger partial charge in [-0.1, -0.05) is 12.2 Å². The predicted octanol–water partition coefficient (Wildman–Crippen LogP) is 1.07. The van der Waals surface area contributed by atoms with E-state index < -0.39 is 0 Å². The van der Waals surface area contributed by atoms with Crippen LogP contribution < -0.4 is 5.32 Å². The van der Waals surface area contributed by atoms with Gasteiger partial charge in [0.1, 0.15) is 0 Å². The molecule has 102 valence electrons. The summed E-state index contributed by atoms with van der Waals surface area (Å²) in [6, 6.07) is 0.0239. The number of hydrogen-bond acceptors (Lipinski definition) is 2. The molecule has 0 atom stereocenters. The van der Waals surface area contributed by atoms with E-state index in [1.54, 1.807) is 23.9 Å². The van der Waals surface area contributed by atoms with Crippen LogP contribution in [-0.2, 0) is 4.79 Å². The summed E-state index contributed by atoms with van der Waals surface area (Å²) in [5, 5.41) is 2.87. The molecule has 0 aromatic heterocycles. The van der Waals surface area contributed by atoms with Crippen LogP contribution in [0.3, 0.4) is 0 Å². The molecule has 1 N–H and O–H groups in total. The van der Waals surface area contributed by atoms with Crippen LogP contribution in [0.1, 0.15) is 19.8 Å². The molecule has 0 bridgehead atoms. The molecule has 1 fully saturated rings. The third kappa shape index (κ3) is 4.05. The molecule has 0 saturated carbocycles. The Morgan fingerprint density at radius 2 is 1.89 bits per heavy atom. The fourth-order valence-electron chi connectivity index (χ4n) is 2.00. The summed E-state index contributed by atoms with van der Waals surface area (Å²) in [5.74, 6) is 0.102. The summed E-state index contributed by atoms with van der Waals surface area (Å²) < 4.78 is 0. The van der Waals surface area contributed by atoms with E-state index in [9.17, 15) is 9.59 Å². The van der Waals surface area contributed by atoms with Crippen LogP contribution in [0.2, 0.25) is 0 Å². The van der Waals surface area contributed by atoms with E-state index in [2.05, 4.69) is 11.9 Å². The molecule has 1 saturated heterocycles. The van der Waals surface area contributed by atoms with Crippen molar-refractivity contribution in [1.29, 1.82) is 0 Å². The molecule has 3 amide bonds. The molecule has 0 spiro atoms. The number of carbonyl (C=O) groups is 2. The van der Waals surface area contributed by atoms with Crippen LogP contribution in [0, 0.1) is 5.92 Å². The SMILES string of the molecule is C=C(C)CNC(=O)C1CCN(C(=O)N(C)C)CC1. The highest BCUT2D eigenvalue weighted by atomic mass is 16.2. The summed E-state index contributed by atoms with van der Waals surface area (Å²) in [7, 11) is 3.49. The fraction of sp³-hybridized carbons (Fsp3) is 0.692. The number of amides is 3. The van der Waals surface area contributed by atoms with E-state index in [4.69, 9.17) is 0 Å². The predicted molar refractivity (Wildman–Crippen MR) is 71.2 cm³/mol. The minimum atomic E-state index is 0.0237. The number of urea groups is 1. The van der Waals surface area contributed by atoms with Crippen LogP contribution in [0.5, 0.6) is 0 Å². The van der Waals surface area contributed by atoms with Crippen molar-refractivity contribution in [3.8, 4) is 0 Å². The van der Waals surface area contributed by atoms with Crippen molar-refractivity contribution >= 4 is 11.9 Å². The number of nitrogens with zero attached hydrogens (tertiary/aromatic N) is 2. The van der Waals surface area contributed by atoms with Gasteiger partial charge in [0, 0.05) is 39.6 Å². The summed E-state index contributed by atoms with van der Waals surface area (Å²) in [6.45, 7) is 7.49. The van der Waals surface area contributed by atoms with Gasteiger partial charge in [-0.3, -0.25) is 4.79 Å². The first-order chi connectivity index (χ1) is 8.41. The Kier molecular flexibility index (Phi) is 5.19. The highest BCUT2D eigenvalue weighted by molar-refractivity contribution is 5.79. The van der Waals surface area contributed by atoms with Crippen molar-refractivity contribution in [2.24, 2.45) is 5.92 Å².